The second-order valence-corrected chi connectivity index (χ2v) is 11.7. The Morgan fingerprint density at radius 3 is 2.09 bits per heavy atom. The molecule has 5 atom stereocenters. The van der Waals surface area contributed by atoms with E-state index in [2.05, 4.69) is 46.6 Å². The molecule has 3 amide bonds. The van der Waals surface area contributed by atoms with Gasteiger partial charge in [0.25, 0.3) is 0 Å². The van der Waals surface area contributed by atoms with Crippen molar-refractivity contribution in [2.75, 3.05) is 26.2 Å². The maximum absolute atomic E-state index is 15.3. The summed E-state index contributed by atoms with van der Waals surface area (Å²) in [5, 5.41) is 3.60. The Balaban J connectivity index is 1.47. The van der Waals surface area contributed by atoms with Gasteiger partial charge in [0.2, 0.25) is 5.91 Å². The summed E-state index contributed by atoms with van der Waals surface area (Å²) in [5.74, 6) is 0.538. The van der Waals surface area contributed by atoms with Gasteiger partial charge < -0.3 is 25.3 Å². The molecule has 3 aromatic carbocycles. The average molecular weight is 577 g/mol. The number of hydrogen-bond acceptors (Lipinski definition) is 4. The number of rotatable bonds is 8. The van der Waals surface area contributed by atoms with Gasteiger partial charge in [0.15, 0.2) is 0 Å². The fraction of sp³-hybridized carbons (Fsp3) is 0.333. The van der Waals surface area contributed by atoms with Crippen LogP contribution in [0.25, 0.3) is 0 Å². The van der Waals surface area contributed by atoms with E-state index >= 15 is 4.79 Å². The fourth-order valence-corrected chi connectivity index (χ4v) is 7.13. The monoisotopic (exact) mass is 576 g/mol. The predicted octanol–water partition coefficient (Wildman–Crippen LogP) is 5.52. The van der Waals surface area contributed by atoms with Crippen molar-refractivity contribution in [3.63, 3.8) is 0 Å². The van der Waals surface area contributed by atoms with E-state index in [9.17, 15) is 4.79 Å². The molecule has 0 aliphatic carbocycles. The van der Waals surface area contributed by atoms with Crippen molar-refractivity contribution in [1.29, 1.82) is 0 Å². The van der Waals surface area contributed by atoms with Crippen LogP contribution in [-0.2, 0) is 11.2 Å². The zero-order valence-corrected chi connectivity index (χ0v) is 24.4. The van der Waals surface area contributed by atoms with E-state index in [0.29, 0.717) is 25.9 Å². The number of nitrogens with one attached hydrogen (secondary N) is 1. The lowest BCUT2D eigenvalue weighted by molar-refractivity contribution is -0.141. The van der Waals surface area contributed by atoms with Gasteiger partial charge in [-0.1, -0.05) is 91.0 Å². The smallest absolute Gasteiger partial charge is 0.314 e. The molecule has 2 fully saturated rings. The standard InChI is InChI=1S/C36H40N4O3/c37-36(42)39-21-19-34(32(25-39)28-15-8-3-9-16-28)40(33-18-20-38-24-31(33)27-13-6-2-7-14-27)35(41)30(23-29-17-10-22-43-29)26-11-4-1-5-12-26/h1-17,22,30-34,38H,18-21,23-25H2,(H2,37,42). The van der Waals surface area contributed by atoms with Crippen LogP contribution in [0.1, 0.15) is 53.0 Å². The first-order valence-corrected chi connectivity index (χ1v) is 15.3. The van der Waals surface area contributed by atoms with Crippen molar-refractivity contribution >= 4 is 11.9 Å². The molecule has 7 heteroatoms. The molecule has 7 nitrogen and oxygen atoms in total. The van der Waals surface area contributed by atoms with Crippen molar-refractivity contribution in [3.05, 3.63) is 132 Å². The Hall–Kier alpha value is -4.36. The second-order valence-electron chi connectivity index (χ2n) is 11.7. The van der Waals surface area contributed by atoms with Crippen LogP contribution in [0.2, 0.25) is 0 Å². The molecule has 43 heavy (non-hydrogen) atoms. The molecule has 0 radical (unpaired) electrons. The Morgan fingerprint density at radius 2 is 1.47 bits per heavy atom. The highest BCUT2D eigenvalue weighted by Gasteiger charge is 2.45. The number of likely N-dealkylation sites (tertiary alicyclic amines) is 1. The predicted molar refractivity (Wildman–Crippen MR) is 168 cm³/mol. The molecular weight excluding hydrogens is 536 g/mol. The SMILES string of the molecule is NC(=O)N1CCC(N(C(=O)C(Cc2ccco2)c2ccccc2)C2CCNCC2c2ccccc2)C(c2ccccc2)C1. The summed E-state index contributed by atoms with van der Waals surface area (Å²) in [5.41, 5.74) is 9.14. The van der Waals surface area contributed by atoms with Crippen LogP contribution in [0.4, 0.5) is 4.79 Å². The minimum atomic E-state index is -0.415. The number of carbonyl (C=O) groups excluding carboxylic acids is 2. The van der Waals surface area contributed by atoms with E-state index in [4.69, 9.17) is 10.2 Å². The second kappa shape index (κ2) is 13.3. The molecular formula is C36H40N4O3. The minimum Gasteiger partial charge on any atom is -0.469 e. The van der Waals surface area contributed by atoms with Crippen LogP contribution in [0, 0.1) is 0 Å². The number of hydrogen-bond donors (Lipinski definition) is 2. The quantitative estimate of drug-likeness (QED) is 0.289. The van der Waals surface area contributed by atoms with E-state index in [1.165, 1.54) is 5.56 Å². The van der Waals surface area contributed by atoms with Gasteiger partial charge in [0.05, 0.1) is 12.2 Å². The highest BCUT2D eigenvalue weighted by atomic mass is 16.3. The van der Waals surface area contributed by atoms with Crippen LogP contribution >= 0.6 is 0 Å². The maximum atomic E-state index is 15.3. The van der Waals surface area contributed by atoms with Crippen molar-refractivity contribution in [1.82, 2.24) is 15.1 Å². The van der Waals surface area contributed by atoms with Gasteiger partial charge in [0, 0.05) is 50.0 Å². The summed E-state index contributed by atoms with van der Waals surface area (Å²) in [6.07, 6.45) is 3.64. The van der Waals surface area contributed by atoms with Gasteiger partial charge in [-0.25, -0.2) is 4.79 Å². The van der Waals surface area contributed by atoms with E-state index in [0.717, 1.165) is 36.4 Å². The topological polar surface area (TPSA) is 91.8 Å². The van der Waals surface area contributed by atoms with Crippen LogP contribution < -0.4 is 11.1 Å². The molecule has 6 rings (SSSR count). The lowest BCUT2D eigenvalue weighted by Crippen LogP contribution is -2.60. The van der Waals surface area contributed by atoms with Crippen molar-refractivity contribution in [2.24, 2.45) is 5.73 Å². The molecule has 0 spiro atoms. The van der Waals surface area contributed by atoms with E-state index in [1.807, 2.05) is 66.7 Å². The van der Waals surface area contributed by atoms with E-state index < -0.39 is 11.9 Å². The minimum absolute atomic E-state index is 0.0182. The number of benzene rings is 3. The first-order valence-electron chi connectivity index (χ1n) is 15.3. The summed E-state index contributed by atoms with van der Waals surface area (Å²) >= 11 is 0. The molecule has 2 saturated heterocycles. The summed E-state index contributed by atoms with van der Waals surface area (Å²) in [4.78, 5) is 31.7. The van der Waals surface area contributed by atoms with Gasteiger partial charge in [-0.05, 0) is 48.2 Å². The molecule has 3 N–H and O–H groups in total. The molecule has 5 unspecified atom stereocenters. The number of urea groups is 1. The summed E-state index contributed by atoms with van der Waals surface area (Å²) in [6.45, 7) is 2.62. The first kappa shape index (κ1) is 28.7. The average Bonchev–Trinajstić information content (AvgIpc) is 3.59. The van der Waals surface area contributed by atoms with Crippen LogP contribution in [-0.4, -0.2) is 60.0 Å². The maximum Gasteiger partial charge on any atom is 0.314 e. The Morgan fingerprint density at radius 1 is 0.837 bits per heavy atom. The number of nitrogens with zero attached hydrogens (tertiary/aromatic N) is 2. The summed E-state index contributed by atoms with van der Waals surface area (Å²) < 4.78 is 5.79. The summed E-state index contributed by atoms with van der Waals surface area (Å²) in [7, 11) is 0. The molecule has 2 aliphatic heterocycles. The van der Waals surface area contributed by atoms with Gasteiger partial charge >= 0.3 is 6.03 Å². The first-order chi connectivity index (χ1) is 21.1. The lowest BCUT2D eigenvalue weighted by atomic mass is 9.79. The highest BCUT2D eigenvalue weighted by molar-refractivity contribution is 5.85. The summed E-state index contributed by atoms with van der Waals surface area (Å²) in [6, 6.07) is 34.2. The number of amides is 3. The van der Waals surface area contributed by atoms with Crippen LogP contribution in [0.5, 0.6) is 0 Å². The lowest BCUT2D eigenvalue weighted by Gasteiger charge is -2.50. The van der Waals surface area contributed by atoms with Crippen LogP contribution in [0.3, 0.4) is 0 Å². The molecule has 1 aromatic heterocycles. The van der Waals surface area contributed by atoms with E-state index in [1.54, 1.807) is 11.2 Å². The van der Waals surface area contributed by atoms with Crippen molar-refractivity contribution in [3.8, 4) is 0 Å². The largest absolute Gasteiger partial charge is 0.469 e. The number of nitrogens with two attached hydrogens (primary N) is 1. The van der Waals surface area contributed by atoms with Crippen LogP contribution in [0.15, 0.2) is 114 Å². The zero-order valence-electron chi connectivity index (χ0n) is 24.4. The van der Waals surface area contributed by atoms with Gasteiger partial charge in [0.1, 0.15) is 5.76 Å². The Bertz CT molecular complexity index is 1460. The number of carbonyl (C=O) groups is 2. The van der Waals surface area contributed by atoms with Gasteiger partial charge in [-0.15, -0.1) is 0 Å². The number of primary amides is 1. The number of furan rings is 1. The molecule has 2 aliphatic rings. The third kappa shape index (κ3) is 6.37. The molecule has 222 valence electrons. The van der Waals surface area contributed by atoms with Gasteiger partial charge in [-0.3, -0.25) is 4.79 Å². The van der Waals surface area contributed by atoms with Crippen molar-refractivity contribution < 1.29 is 14.0 Å². The molecule has 0 bridgehead atoms. The third-order valence-corrected chi connectivity index (χ3v) is 9.24. The Labute approximate surface area is 253 Å². The fourth-order valence-electron chi connectivity index (χ4n) is 7.13. The van der Waals surface area contributed by atoms with E-state index in [-0.39, 0.29) is 29.8 Å². The highest BCUT2D eigenvalue weighted by Crippen LogP contribution is 2.39. The third-order valence-electron chi connectivity index (χ3n) is 9.24. The molecule has 0 saturated carbocycles. The number of piperidine rings is 2. The zero-order chi connectivity index (χ0) is 29.6. The molecule has 3 heterocycles. The normalized spacial score (nSPS) is 22.9. The van der Waals surface area contributed by atoms with Gasteiger partial charge in [-0.2, -0.15) is 0 Å². The van der Waals surface area contributed by atoms with Crippen molar-refractivity contribution in [2.45, 2.75) is 49.1 Å². The molecule has 4 aromatic rings. The Kier molecular flexibility index (Phi) is 8.89.